The third-order valence-corrected chi connectivity index (χ3v) is 6.00. The van der Waals surface area contributed by atoms with Crippen LogP contribution in [0.4, 0.5) is 13.2 Å². The first-order valence-corrected chi connectivity index (χ1v) is 10.8. The molecule has 7 nitrogen and oxygen atoms in total. The van der Waals surface area contributed by atoms with E-state index in [-0.39, 0.29) is 27.0 Å². The van der Waals surface area contributed by atoms with Gasteiger partial charge in [-0.3, -0.25) is 0 Å². The number of halogens is 3. The topological polar surface area (TPSA) is 111 Å². The molecular weight excluding hydrogens is 431 g/mol. The lowest BCUT2D eigenvalue weighted by Gasteiger charge is -2.17. The first-order valence-electron chi connectivity index (χ1n) is 9.94. The number of alkyl halides is 3. The molecule has 0 fully saturated rings. The van der Waals surface area contributed by atoms with Crippen molar-refractivity contribution in [2.45, 2.75) is 57.7 Å². The van der Waals surface area contributed by atoms with Crippen molar-refractivity contribution >= 4 is 11.3 Å². The number of rotatable bonds is 9. The van der Waals surface area contributed by atoms with Crippen LogP contribution in [0.1, 0.15) is 56.0 Å². The van der Waals surface area contributed by atoms with Crippen LogP contribution in [-0.4, -0.2) is 32.1 Å². The van der Waals surface area contributed by atoms with E-state index in [0.717, 1.165) is 43.1 Å². The summed E-state index contributed by atoms with van der Waals surface area (Å²) in [4.78, 5) is 4.24. The van der Waals surface area contributed by atoms with Gasteiger partial charge in [0.25, 0.3) is 0 Å². The maximum absolute atomic E-state index is 13.8. The predicted octanol–water partition coefficient (Wildman–Crippen LogP) is 4.56. The highest BCUT2D eigenvalue weighted by Gasteiger charge is 2.36. The molecule has 2 aromatic heterocycles. The Balaban J connectivity index is 1.91. The molecule has 168 valence electrons. The Morgan fingerprint density at radius 3 is 2.61 bits per heavy atom. The number of nitrogens with two attached hydrogens (primary N) is 1. The zero-order chi connectivity index (χ0) is 22.6. The minimum absolute atomic E-state index is 0.0590. The second-order valence-corrected chi connectivity index (χ2v) is 8.55. The van der Waals surface area contributed by atoms with E-state index in [4.69, 9.17) is 10.3 Å². The van der Waals surface area contributed by atoms with Crippen LogP contribution in [0, 0.1) is 0 Å². The highest BCUT2D eigenvalue weighted by Crippen LogP contribution is 2.40. The standard InChI is InChI=1S/C20H24F3N5O2S/c1-3-4-5-6-7-15-25-16(28-30-15)12-8-9-13(14(10-12)20(21,22)23)17-26-27-18(31-17)19(2,24)11-29/h8-10,29H,3-7,11,24H2,1-2H3/t19-/m0/s1. The summed E-state index contributed by atoms with van der Waals surface area (Å²) in [6.45, 7) is 3.23. The van der Waals surface area contributed by atoms with Gasteiger partial charge in [-0.1, -0.05) is 54.8 Å². The molecule has 2 heterocycles. The van der Waals surface area contributed by atoms with Gasteiger partial charge in [0.05, 0.1) is 17.7 Å². The number of hydrogen-bond acceptors (Lipinski definition) is 8. The molecule has 0 radical (unpaired) electrons. The van der Waals surface area contributed by atoms with Crippen molar-refractivity contribution in [2.24, 2.45) is 5.73 Å². The fraction of sp³-hybridized carbons (Fsp3) is 0.500. The summed E-state index contributed by atoms with van der Waals surface area (Å²) in [5, 5.41) is 21.2. The maximum Gasteiger partial charge on any atom is 0.417 e. The van der Waals surface area contributed by atoms with E-state index in [0.29, 0.717) is 12.3 Å². The van der Waals surface area contributed by atoms with Gasteiger partial charge in [-0.05, 0) is 19.4 Å². The van der Waals surface area contributed by atoms with Crippen molar-refractivity contribution in [3.8, 4) is 22.0 Å². The van der Waals surface area contributed by atoms with Gasteiger partial charge < -0.3 is 15.4 Å². The van der Waals surface area contributed by atoms with E-state index in [1.165, 1.54) is 19.1 Å². The number of aliphatic hydroxyl groups is 1. The largest absolute Gasteiger partial charge is 0.417 e. The van der Waals surface area contributed by atoms with Crippen LogP contribution in [0.25, 0.3) is 22.0 Å². The Morgan fingerprint density at radius 1 is 1.16 bits per heavy atom. The summed E-state index contributed by atoms with van der Waals surface area (Å²) in [5.74, 6) is 0.513. The predicted molar refractivity (Wildman–Crippen MR) is 110 cm³/mol. The minimum Gasteiger partial charge on any atom is -0.394 e. The molecule has 31 heavy (non-hydrogen) atoms. The zero-order valence-electron chi connectivity index (χ0n) is 17.2. The summed E-state index contributed by atoms with van der Waals surface area (Å²) < 4.78 is 46.6. The Hall–Kier alpha value is -2.37. The molecule has 0 unspecified atom stereocenters. The van der Waals surface area contributed by atoms with Gasteiger partial charge in [0, 0.05) is 17.5 Å². The molecule has 0 amide bonds. The van der Waals surface area contributed by atoms with Crippen molar-refractivity contribution in [1.29, 1.82) is 0 Å². The van der Waals surface area contributed by atoms with Crippen molar-refractivity contribution in [1.82, 2.24) is 20.3 Å². The number of benzene rings is 1. The second-order valence-electron chi connectivity index (χ2n) is 7.57. The minimum atomic E-state index is -4.63. The van der Waals surface area contributed by atoms with Crippen LogP contribution in [0.2, 0.25) is 0 Å². The average molecular weight is 456 g/mol. The highest BCUT2D eigenvalue weighted by molar-refractivity contribution is 7.14. The van der Waals surface area contributed by atoms with Crippen molar-refractivity contribution in [3.05, 3.63) is 34.7 Å². The SMILES string of the molecule is CCCCCCc1nc(-c2ccc(-c3nnc([C@@](C)(N)CO)s3)c(C(F)(F)F)c2)no1. The number of nitrogens with zero attached hydrogens (tertiary/aromatic N) is 4. The Morgan fingerprint density at radius 2 is 1.94 bits per heavy atom. The number of aryl methyl sites for hydroxylation is 1. The summed E-state index contributed by atoms with van der Waals surface area (Å²) in [6, 6.07) is 3.79. The fourth-order valence-corrected chi connectivity index (χ4v) is 3.84. The number of hydrogen-bond donors (Lipinski definition) is 2. The highest BCUT2D eigenvalue weighted by atomic mass is 32.1. The van der Waals surface area contributed by atoms with Gasteiger partial charge in [0.1, 0.15) is 10.0 Å². The molecule has 0 aliphatic carbocycles. The van der Waals surface area contributed by atoms with Crippen molar-refractivity contribution < 1.29 is 22.8 Å². The van der Waals surface area contributed by atoms with Crippen LogP contribution in [0.3, 0.4) is 0 Å². The summed E-state index contributed by atoms with van der Waals surface area (Å²) >= 11 is 0.910. The normalized spacial score (nSPS) is 14.0. The molecule has 0 saturated carbocycles. The molecule has 0 saturated heterocycles. The summed E-state index contributed by atoms with van der Waals surface area (Å²) in [6.07, 6.45) is 0.0770. The smallest absolute Gasteiger partial charge is 0.394 e. The zero-order valence-corrected chi connectivity index (χ0v) is 18.1. The van der Waals surface area contributed by atoms with Crippen molar-refractivity contribution in [2.75, 3.05) is 6.61 Å². The van der Waals surface area contributed by atoms with E-state index in [1.807, 2.05) is 0 Å². The third kappa shape index (κ3) is 5.46. The molecule has 3 rings (SSSR count). The van der Waals surface area contributed by atoms with Gasteiger partial charge >= 0.3 is 6.18 Å². The quantitative estimate of drug-likeness (QED) is 0.455. The number of unbranched alkanes of at least 4 members (excludes halogenated alkanes) is 3. The number of aromatic nitrogens is 4. The van der Waals surface area contributed by atoms with Gasteiger partial charge in [-0.25, -0.2) is 0 Å². The Kier molecular flexibility index (Phi) is 7.07. The van der Waals surface area contributed by atoms with Crippen molar-refractivity contribution in [3.63, 3.8) is 0 Å². The van der Waals surface area contributed by atoms with E-state index in [2.05, 4.69) is 27.3 Å². The second kappa shape index (κ2) is 9.41. The molecule has 1 aromatic carbocycles. The molecule has 3 N–H and O–H groups in total. The fourth-order valence-electron chi connectivity index (χ4n) is 2.91. The van der Waals surface area contributed by atoms with Crippen LogP contribution in [0.15, 0.2) is 22.7 Å². The first-order chi connectivity index (χ1) is 14.7. The molecule has 0 spiro atoms. The van der Waals surface area contributed by atoms with Crippen LogP contribution < -0.4 is 5.73 Å². The molecule has 0 aliphatic rings. The maximum atomic E-state index is 13.8. The monoisotopic (exact) mass is 455 g/mol. The van der Waals surface area contributed by atoms with Gasteiger partial charge in [-0.15, -0.1) is 10.2 Å². The Labute approximate surface area is 181 Å². The van der Waals surface area contributed by atoms with E-state index >= 15 is 0 Å². The lowest BCUT2D eigenvalue weighted by molar-refractivity contribution is -0.137. The van der Waals surface area contributed by atoms with E-state index in [1.54, 1.807) is 0 Å². The summed E-state index contributed by atoms with van der Waals surface area (Å²) in [7, 11) is 0. The third-order valence-electron chi connectivity index (χ3n) is 4.77. The molecular formula is C20H24F3N5O2S. The lowest BCUT2D eigenvalue weighted by atomic mass is 10.0. The molecule has 1 atom stereocenters. The molecule has 3 aromatic rings. The van der Waals surface area contributed by atoms with Gasteiger partial charge in [-0.2, -0.15) is 18.2 Å². The average Bonchev–Trinajstić information content (AvgIpc) is 3.40. The summed E-state index contributed by atoms with van der Waals surface area (Å²) in [5.41, 5.74) is 3.91. The van der Waals surface area contributed by atoms with Gasteiger partial charge in [0.2, 0.25) is 11.7 Å². The van der Waals surface area contributed by atoms with Crippen LogP contribution >= 0.6 is 11.3 Å². The van der Waals surface area contributed by atoms with Gasteiger partial charge in [0.15, 0.2) is 0 Å². The van der Waals surface area contributed by atoms with Crippen LogP contribution in [-0.2, 0) is 18.1 Å². The molecule has 0 bridgehead atoms. The number of aliphatic hydroxyl groups excluding tert-OH is 1. The molecule has 11 heteroatoms. The molecule has 0 aliphatic heterocycles. The van der Waals surface area contributed by atoms with E-state index in [9.17, 15) is 18.3 Å². The van der Waals surface area contributed by atoms with E-state index < -0.39 is 23.9 Å². The Bertz CT molecular complexity index is 1020. The lowest BCUT2D eigenvalue weighted by Crippen LogP contribution is -2.36. The van der Waals surface area contributed by atoms with Crippen LogP contribution in [0.5, 0.6) is 0 Å². The first kappa shape index (κ1) is 23.3.